The molecule has 1 rings (SSSR count). The first kappa shape index (κ1) is 16.5. The third-order valence-corrected chi connectivity index (χ3v) is 3.59. The van der Waals surface area contributed by atoms with Gasteiger partial charge in [-0.3, -0.25) is 4.79 Å². The maximum atomic E-state index is 11.8. The first-order chi connectivity index (χ1) is 9.70. The Kier molecular flexibility index (Phi) is 7.71. The Morgan fingerprint density at radius 3 is 2.15 bits per heavy atom. The molecule has 1 aromatic rings. The summed E-state index contributed by atoms with van der Waals surface area (Å²) < 4.78 is 0. The van der Waals surface area contributed by atoms with Crippen LogP contribution in [-0.2, 0) is 4.79 Å². The lowest BCUT2D eigenvalue weighted by Crippen LogP contribution is -2.16. The fourth-order valence-electron chi connectivity index (χ4n) is 2.44. The predicted octanol–water partition coefficient (Wildman–Crippen LogP) is 4.70. The molecule has 0 aliphatic carbocycles. The topological polar surface area (TPSA) is 43.1 Å². The maximum absolute atomic E-state index is 11.8. The number of nitrogens with two attached hydrogens (primary N) is 1. The van der Waals surface area contributed by atoms with Crippen LogP contribution in [0.15, 0.2) is 35.9 Å². The zero-order chi connectivity index (χ0) is 14.8. The normalized spacial score (nSPS) is 12.1. The highest BCUT2D eigenvalue weighted by Crippen LogP contribution is 2.27. The monoisotopic (exact) mass is 273 g/mol. The van der Waals surface area contributed by atoms with Gasteiger partial charge in [-0.15, -0.1) is 0 Å². The lowest BCUT2D eigenvalue weighted by molar-refractivity contribution is -0.114. The molecule has 0 spiro atoms. The van der Waals surface area contributed by atoms with E-state index in [9.17, 15) is 4.79 Å². The van der Waals surface area contributed by atoms with Crippen LogP contribution in [0.2, 0.25) is 0 Å². The minimum Gasteiger partial charge on any atom is -0.366 e. The van der Waals surface area contributed by atoms with Crippen LogP contribution in [0.5, 0.6) is 0 Å². The summed E-state index contributed by atoms with van der Waals surface area (Å²) in [7, 11) is 0. The molecule has 0 bridgehead atoms. The second-order valence-electron chi connectivity index (χ2n) is 5.25. The molecule has 2 nitrogen and oxygen atoms in total. The van der Waals surface area contributed by atoms with Gasteiger partial charge in [0.25, 0.3) is 0 Å². The summed E-state index contributed by atoms with van der Waals surface area (Å²) in [6, 6.07) is 10.2. The predicted molar refractivity (Wildman–Crippen MR) is 86.2 cm³/mol. The summed E-state index contributed by atoms with van der Waals surface area (Å²) in [6.45, 7) is 4.34. The molecule has 0 aliphatic heterocycles. The van der Waals surface area contributed by atoms with Crippen molar-refractivity contribution in [2.45, 2.75) is 58.8 Å². The van der Waals surface area contributed by atoms with Gasteiger partial charge in [0.15, 0.2) is 0 Å². The van der Waals surface area contributed by atoms with Crippen molar-refractivity contribution < 1.29 is 4.79 Å². The van der Waals surface area contributed by atoms with Crippen molar-refractivity contribution in [2.75, 3.05) is 0 Å². The minimum absolute atomic E-state index is 0.254. The van der Waals surface area contributed by atoms with Crippen molar-refractivity contribution in [3.8, 4) is 0 Å². The summed E-state index contributed by atoms with van der Waals surface area (Å²) >= 11 is 0. The van der Waals surface area contributed by atoms with E-state index in [1.807, 2.05) is 18.2 Å². The van der Waals surface area contributed by atoms with E-state index < -0.39 is 0 Å². The lowest BCUT2D eigenvalue weighted by atomic mass is 9.92. The molecule has 0 atom stereocenters. The number of hydrogen-bond donors (Lipinski definition) is 1. The SMILES string of the molecule is CCCCC/C(C(N)=O)=C(/CCCC)c1ccccc1. The Hall–Kier alpha value is -1.57. The average Bonchev–Trinajstić information content (AvgIpc) is 2.46. The smallest absolute Gasteiger partial charge is 0.244 e. The number of allylic oxidation sites excluding steroid dienone is 1. The second kappa shape index (κ2) is 9.35. The van der Waals surface area contributed by atoms with Crippen molar-refractivity contribution in [2.24, 2.45) is 5.73 Å². The molecule has 0 fully saturated rings. The molecule has 20 heavy (non-hydrogen) atoms. The molecule has 1 aromatic carbocycles. The minimum atomic E-state index is -0.254. The fourth-order valence-corrected chi connectivity index (χ4v) is 2.44. The van der Waals surface area contributed by atoms with Crippen LogP contribution >= 0.6 is 0 Å². The van der Waals surface area contributed by atoms with Gasteiger partial charge >= 0.3 is 0 Å². The van der Waals surface area contributed by atoms with Crippen molar-refractivity contribution in [3.63, 3.8) is 0 Å². The van der Waals surface area contributed by atoms with Crippen LogP contribution in [0.4, 0.5) is 0 Å². The molecule has 2 heteroatoms. The van der Waals surface area contributed by atoms with E-state index in [4.69, 9.17) is 5.73 Å². The zero-order valence-corrected chi connectivity index (χ0v) is 12.8. The van der Waals surface area contributed by atoms with Crippen LogP contribution < -0.4 is 5.73 Å². The number of amides is 1. The first-order valence-corrected chi connectivity index (χ1v) is 7.77. The van der Waals surface area contributed by atoms with Crippen LogP contribution in [0.25, 0.3) is 5.57 Å². The number of hydrogen-bond acceptors (Lipinski definition) is 1. The van der Waals surface area contributed by atoms with Gasteiger partial charge in [0.2, 0.25) is 5.91 Å². The maximum Gasteiger partial charge on any atom is 0.244 e. The molecule has 1 amide bonds. The van der Waals surface area contributed by atoms with E-state index in [1.54, 1.807) is 0 Å². The third-order valence-electron chi connectivity index (χ3n) is 3.59. The van der Waals surface area contributed by atoms with E-state index in [2.05, 4.69) is 26.0 Å². The molecule has 0 saturated carbocycles. The fraction of sp³-hybridized carbons (Fsp3) is 0.500. The van der Waals surface area contributed by atoms with Crippen molar-refractivity contribution >= 4 is 11.5 Å². The van der Waals surface area contributed by atoms with Gasteiger partial charge in [0.05, 0.1) is 0 Å². The number of carbonyl (C=O) groups excluding carboxylic acids is 1. The highest BCUT2D eigenvalue weighted by Gasteiger charge is 2.13. The van der Waals surface area contributed by atoms with Crippen LogP contribution in [0, 0.1) is 0 Å². The van der Waals surface area contributed by atoms with E-state index in [0.717, 1.165) is 61.7 Å². The number of primary amides is 1. The molecular formula is C18H27NO. The van der Waals surface area contributed by atoms with Gasteiger partial charge in [0, 0.05) is 5.57 Å². The number of rotatable bonds is 9. The highest BCUT2D eigenvalue weighted by atomic mass is 16.1. The van der Waals surface area contributed by atoms with Gasteiger partial charge < -0.3 is 5.73 Å². The van der Waals surface area contributed by atoms with Gasteiger partial charge in [0.1, 0.15) is 0 Å². The van der Waals surface area contributed by atoms with Crippen molar-refractivity contribution in [1.29, 1.82) is 0 Å². The summed E-state index contributed by atoms with van der Waals surface area (Å²) in [6.07, 6.45) is 7.29. The Labute approximate surface area is 123 Å². The molecule has 0 unspecified atom stereocenters. The standard InChI is InChI=1S/C18H27NO/c1-3-5-8-14-17(18(19)20)16(13-6-4-2)15-11-9-7-10-12-15/h7,9-12H,3-6,8,13-14H2,1-2H3,(H2,19,20)/b17-16+. The second-order valence-corrected chi connectivity index (χ2v) is 5.25. The Bertz CT molecular complexity index is 434. The van der Waals surface area contributed by atoms with Crippen LogP contribution in [-0.4, -0.2) is 5.91 Å². The Morgan fingerprint density at radius 1 is 0.950 bits per heavy atom. The molecule has 0 aromatic heterocycles. The molecule has 0 heterocycles. The summed E-state index contributed by atoms with van der Waals surface area (Å²) in [4.78, 5) is 11.8. The Morgan fingerprint density at radius 2 is 1.60 bits per heavy atom. The van der Waals surface area contributed by atoms with Crippen molar-refractivity contribution in [3.05, 3.63) is 41.5 Å². The number of unbranched alkanes of at least 4 members (excludes halogenated alkanes) is 3. The van der Waals surface area contributed by atoms with Gasteiger partial charge in [-0.2, -0.15) is 0 Å². The third kappa shape index (κ3) is 5.20. The zero-order valence-electron chi connectivity index (χ0n) is 12.8. The van der Waals surface area contributed by atoms with E-state index in [1.165, 1.54) is 0 Å². The van der Waals surface area contributed by atoms with Gasteiger partial charge in [-0.1, -0.05) is 63.4 Å². The molecular weight excluding hydrogens is 246 g/mol. The van der Waals surface area contributed by atoms with Crippen LogP contribution in [0.3, 0.4) is 0 Å². The van der Waals surface area contributed by atoms with E-state index in [-0.39, 0.29) is 5.91 Å². The molecule has 0 saturated heterocycles. The molecule has 0 radical (unpaired) electrons. The summed E-state index contributed by atoms with van der Waals surface area (Å²) in [5.74, 6) is -0.254. The first-order valence-electron chi connectivity index (χ1n) is 7.77. The van der Waals surface area contributed by atoms with E-state index in [0.29, 0.717) is 0 Å². The van der Waals surface area contributed by atoms with Gasteiger partial charge in [-0.25, -0.2) is 0 Å². The highest BCUT2D eigenvalue weighted by molar-refractivity contribution is 6.00. The lowest BCUT2D eigenvalue weighted by Gasteiger charge is -2.14. The largest absolute Gasteiger partial charge is 0.366 e. The number of carbonyl (C=O) groups is 1. The van der Waals surface area contributed by atoms with E-state index >= 15 is 0 Å². The van der Waals surface area contributed by atoms with Crippen LogP contribution in [0.1, 0.15) is 64.4 Å². The summed E-state index contributed by atoms with van der Waals surface area (Å²) in [5, 5.41) is 0. The molecule has 110 valence electrons. The average molecular weight is 273 g/mol. The Balaban J connectivity index is 3.06. The summed E-state index contributed by atoms with van der Waals surface area (Å²) in [5.41, 5.74) is 8.76. The van der Waals surface area contributed by atoms with Crippen molar-refractivity contribution in [1.82, 2.24) is 0 Å². The molecule has 0 aliphatic rings. The molecule has 2 N–H and O–H groups in total. The number of benzene rings is 1. The van der Waals surface area contributed by atoms with Gasteiger partial charge in [-0.05, 0) is 36.8 Å². The quantitative estimate of drug-likeness (QED) is 0.514.